The van der Waals surface area contributed by atoms with Crippen LogP contribution >= 0.6 is 11.3 Å². The Labute approximate surface area is 116 Å². The zero-order valence-corrected chi connectivity index (χ0v) is 12.0. The number of fused-ring (bicyclic) bond motifs is 1. The van der Waals surface area contributed by atoms with Gasteiger partial charge < -0.3 is 20.9 Å². The predicted octanol–water partition coefficient (Wildman–Crippen LogP) is 2.08. The lowest BCUT2D eigenvalue weighted by Crippen LogP contribution is -2.34. The summed E-state index contributed by atoms with van der Waals surface area (Å²) in [5.74, 6) is 0. The lowest BCUT2D eigenvalue weighted by atomic mass is 10.0. The summed E-state index contributed by atoms with van der Waals surface area (Å²) in [5, 5.41) is 13.4. The maximum Gasteiger partial charge on any atom is 0.106 e. The highest BCUT2D eigenvalue weighted by Crippen LogP contribution is 2.30. The number of nitrogens with two attached hydrogens (primary N) is 1. The molecule has 0 radical (unpaired) electrons. The number of nitrogen functional groups attached to an aromatic ring is 1. The summed E-state index contributed by atoms with van der Waals surface area (Å²) in [6.07, 6.45) is 0.565. The molecule has 19 heavy (non-hydrogen) atoms. The van der Waals surface area contributed by atoms with E-state index in [1.807, 2.05) is 12.1 Å². The minimum atomic E-state index is -0.834. The van der Waals surface area contributed by atoms with Crippen molar-refractivity contribution in [2.75, 3.05) is 31.3 Å². The Kier molecular flexibility index (Phi) is 4.24. The molecule has 0 amide bonds. The maximum absolute atomic E-state index is 10.2. The van der Waals surface area contributed by atoms with Crippen LogP contribution in [0, 0.1) is 0 Å². The number of aliphatic hydroxyl groups is 1. The van der Waals surface area contributed by atoms with E-state index in [1.54, 1.807) is 30.9 Å². The van der Waals surface area contributed by atoms with Crippen LogP contribution in [0.2, 0.25) is 0 Å². The van der Waals surface area contributed by atoms with Crippen LogP contribution in [0.4, 0.5) is 11.4 Å². The molecule has 1 heterocycles. The molecule has 104 valence electrons. The summed E-state index contributed by atoms with van der Waals surface area (Å²) in [6.45, 7) is 2.71. The molecule has 0 saturated heterocycles. The van der Waals surface area contributed by atoms with Crippen molar-refractivity contribution in [3.8, 4) is 0 Å². The highest BCUT2D eigenvalue weighted by atomic mass is 32.1. The molecule has 4 N–H and O–H groups in total. The third-order valence-electron chi connectivity index (χ3n) is 3.05. The van der Waals surface area contributed by atoms with Crippen LogP contribution in [-0.2, 0) is 4.74 Å². The van der Waals surface area contributed by atoms with Crippen LogP contribution < -0.4 is 11.1 Å². The van der Waals surface area contributed by atoms with Crippen molar-refractivity contribution in [2.45, 2.75) is 18.9 Å². The number of aromatic nitrogens is 1. The first-order chi connectivity index (χ1) is 9.03. The quantitative estimate of drug-likeness (QED) is 0.706. The molecule has 1 aromatic carbocycles. The highest BCUT2D eigenvalue weighted by molar-refractivity contribution is 7.16. The van der Waals surface area contributed by atoms with Gasteiger partial charge in [0, 0.05) is 26.7 Å². The van der Waals surface area contributed by atoms with Gasteiger partial charge in [0.05, 0.1) is 27.2 Å². The number of rotatable bonds is 6. The Morgan fingerprint density at radius 1 is 1.53 bits per heavy atom. The van der Waals surface area contributed by atoms with Crippen molar-refractivity contribution < 1.29 is 9.84 Å². The van der Waals surface area contributed by atoms with Crippen LogP contribution in [0.5, 0.6) is 0 Å². The van der Waals surface area contributed by atoms with Gasteiger partial charge in [0.25, 0.3) is 0 Å². The number of benzene rings is 1. The van der Waals surface area contributed by atoms with E-state index >= 15 is 0 Å². The first-order valence-electron chi connectivity index (χ1n) is 6.10. The van der Waals surface area contributed by atoms with E-state index in [9.17, 15) is 5.11 Å². The predicted molar refractivity (Wildman–Crippen MR) is 79.6 cm³/mol. The minimum absolute atomic E-state index is 0.413. The maximum atomic E-state index is 10.2. The molecule has 1 unspecified atom stereocenters. The number of nitrogens with zero attached hydrogens (tertiary/aromatic N) is 1. The van der Waals surface area contributed by atoms with Crippen LogP contribution in [0.15, 0.2) is 17.6 Å². The summed E-state index contributed by atoms with van der Waals surface area (Å²) in [7, 11) is 1.62. The fourth-order valence-electron chi connectivity index (χ4n) is 1.80. The number of ether oxygens (including phenoxy) is 1. The zero-order valence-electron chi connectivity index (χ0n) is 11.1. The molecule has 1 aromatic heterocycles. The van der Waals surface area contributed by atoms with Gasteiger partial charge in [-0.25, -0.2) is 4.98 Å². The van der Waals surface area contributed by atoms with E-state index in [0.29, 0.717) is 25.3 Å². The van der Waals surface area contributed by atoms with Crippen molar-refractivity contribution >= 4 is 32.9 Å². The van der Waals surface area contributed by atoms with Gasteiger partial charge in [-0.2, -0.15) is 0 Å². The van der Waals surface area contributed by atoms with Crippen LogP contribution in [-0.4, -0.2) is 36.0 Å². The second-order valence-corrected chi connectivity index (χ2v) is 5.71. The van der Waals surface area contributed by atoms with Crippen molar-refractivity contribution in [3.63, 3.8) is 0 Å². The molecule has 0 aliphatic heterocycles. The Hall–Kier alpha value is -1.37. The molecule has 0 aliphatic rings. The van der Waals surface area contributed by atoms with Gasteiger partial charge in [0.15, 0.2) is 0 Å². The number of hydrogen-bond acceptors (Lipinski definition) is 6. The molecule has 6 heteroatoms. The number of nitrogens with one attached hydrogen (secondary N) is 1. The third kappa shape index (κ3) is 3.34. The van der Waals surface area contributed by atoms with Gasteiger partial charge in [-0.1, -0.05) is 0 Å². The molecule has 2 aromatic rings. The normalized spacial score (nSPS) is 14.5. The molecule has 0 bridgehead atoms. The summed E-state index contributed by atoms with van der Waals surface area (Å²) in [4.78, 5) is 4.24. The van der Waals surface area contributed by atoms with E-state index in [4.69, 9.17) is 10.5 Å². The van der Waals surface area contributed by atoms with Crippen LogP contribution in [0.25, 0.3) is 10.2 Å². The van der Waals surface area contributed by atoms with Gasteiger partial charge in [-0.15, -0.1) is 11.3 Å². The second-order valence-electron chi connectivity index (χ2n) is 4.82. The number of methoxy groups -OCH3 is 1. The zero-order chi connectivity index (χ0) is 13.9. The van der Waals surface area contributed by atoms with Crippen molar-refractivity contribution in [1.29, 1.82) is 0 Å². The summed E-state index contributed by atoms with van der Waals surface area (Å²) in [5.41, 5.74) is 9.25. The Morgan fingerprint density at radius 2 is 2.32 bits per heavy atom. The lowest BCUT2D eigenvalue weighted by Gasteiger charge is -2.24. The average molecular weight is 281 g/mol. The first-order valence-corrected chi connectivity index (χ1v) is 6.98. The van der Waals surface area contributed by atoms with E-state index in [0.717, 1.165) is 15.9 Å². The molecule has 0 aliphatic carbocycles. The van der Waals surface area contributed by atoms with Gasteiger partial charge in [-0.05, 0) is 19.1 Å². The largest absolute Gasteiger partial charge is 0.395 e. The second kappa shape index (κ2) is 5.73. The fraction of sp³-hybridized carbons (Fsp3) is 0.462. The van der Waals surface area contributed by atoms with Crippen LogP contribution in [0.1, 0.15) is 13.3 Å². The van der Waals surface area contributed by atoms with Crippen molar-refractivity contribution in [2.24, 2.45) is 0 Å². The molecule has 0 saturated carbocycles. The first kappa shape index (κ1) is 14.0. The van der Waals surface area contributed by atoms with Crippen molar-refractivity contribution in [3.05, 3.63) is 17.6 Å². The molecular weight excluding hydrogens is 262 g/mol. The Balaban J connectivity index is 2.07. The lowest BCUT2D eigenvalue weighted by molar-refractivity contribution is 0.0358. The molecule has 0 fully saturated rings. The van der Waals surface area contributed by atoms with Gasteiger partial charge >= 0.3 is 0 Å². The highest BCUT2D eigenvalue weighted by Gasteiger charge is 2.20. The monoisotopic (exact) mass is 281 g/mol. The SMILES string of the molecule is COCCC(C)(O)CNc1ccc2scnc2c1N. The third-order valence-corrected chi connectivity index (χ3v) is 3.84. The fourth-order valence-corrected chi connectivity index (χ4v) is 2.49. The van der Waals surface area contributed by atoms with Gasteiger partial charge in [-0.3, -0.25) is 0 Å². The summed E-state index contributed by atoms with van der Waals surface area (Å²) < 4.78 is 6.04. The summed E-state index contributed by atoms with van der Waals surface area (Å²) in [6, 6.07) is 3.90. The van der Waals surface area contributed by atoms with E-state index in [1.165, 1.54) is 0 Å². The molecule has 0 spiro atoms. The Bertz CT molecular complexity index is 554. The number of hydrogen-bond donors (Lipinski definition) is 3. The molecule has 2 rings (SSSR count). The summed E-state index contributed by atoms with van der Waals surface area (Å²) >= 11 is 1.56. The smallest absolute Gasteiger partial charge is 0.106 e. The molecular formula is C13H19N3O2S. The Morgan fingerprint density at radius 3 is 3.05 bits per heavy atom. The number of thiazole rings is 1. The topological polar surface area (TPSA) is 80.4 Å². The van der Waals surface area contributed by atoms with Crippen molar-refractivity contribution in [1.82, 2.24) is 4.98 Å². The van der Waals surface area contributed by atoms with E-state index in [2.05, 4.69) is 10.3 Å². The molecule has 5 nitrogen and oxygen atoms in total. The van der Waals surface area contributed by atoms with E-state index < -0.39 is 5.60 Å². The molecule has 1 atom stereocenters. The minimum Gasteiger partial charge on any atom is -0.395 e. The van der Waals surface area contributed by atoms with Gasteiger partial charge in [0.2, 0.25) is 0 Å². The standard InChI is InChI=1S/C13H19N3O2S/c1-13(17,5-6-18-2)7-15-9-3-4-10-12(11(9)14)16-8-19-10/h3-4,8,15,17H,5-7,14H2,1-2H3. The van der Waals surface area contributed by atoms with Crippen LogP contribution in [0.3, 0.4) is 0 Å². The van der Waals surface area contributed by atoms with E-state index in [-0.39, 0.29) is 0 Å². The van der Waals surface area contributed by atoms with Gasteiger partial charge in [0.1, 0.15) is 5.52 Å². The number of anilines is 2. The average Bonchev–Trinajstić information content (AvgIpc) is 2.85.